The van der Waals surface area contributed by atoms with Gasteiger partial charge in [0.1, 0.15) is 0 Å². The van der Waals surface area contributed by atoms with Crippen LogP contribution in [-0.4, -0.2) is 6.71 Å². The Bertz CT molecular complexity index is 2390. The fourth-order valence-electron chi connectivity index (χ4n) is 10.7. The summed E-state index contributed by atoms with van der Waals surface area (Å²) in [6, 6.07) is 38.3. The van der Waals surface area contributed by atoms with E-state index in [0.29, 0.717) is 0 Å². The van der Waals surface area contributed by atoms with E-state index >= 15 is 0 Å². The van der Waals surface area contributed by atoms with E-state index in [-0.39, 0.29) is 12.1 Å². The quantitative estimate of drug-likeness (QED) is 0.166. The average molecular weight is 618 g/mol. The molecule has 232 valence electrons. The molecule has 4 aliphatic rings. The molecule has 0 radical (unpaired) electrons. The van der Waals surface area contributed by atoms with Crippen molar-refractivity contribution in [1.29, 1.82) is 0 Å². The molecule has 6 aromatic carbocycles. The van der Waals surface area contributed by atoms with Crippen molar-refractivity contribution in [3.05, 3.63) is 164 Å². The lowest BCUT2D eigenvalue weighted by Crippen LogP contribution is -2.61. The van der Waals surface area contributed by atoms with Gasteiger partial charge in [-0.2, -0.15) is 0 Å². The Morgan fingerprint density at radius 2 is 0.875 bits per heavy atom. The summed E-state index contributed by atoms with van der Waals surface area (Å²) in [6.07, 6.45) is 0. The topological polar surface area (TPSA) is 3.24 Å². The zero-order valence-corrected chi connectivity index (χ0v) is 29.3. The van der Waals surface area contributed by atoms with E-state index in [9.17, 15) is 0 Å². The molecule has 1 spiro atoms. The summed E-state index contributed by atoms with van der Waals surface area (Å²) in [4.78, 5) is 2.73. The Morgan fingerprint density at radius 3 is 1.44 bits per heavy atom. The summed E-state index contributed by atoms with van der Waals surface area (Å²) in [5.74, 6) is 0. The van der Waals surface area contributed by atoms with E-state index in [0.717, 1.165) is 0 Å². The molecule has 2 heteroatoms. The predicted molar refractivity (Wildman–Crippen MR) is 204 cm³/mol. The summed E-state index contributed by atoms with van der Waals surface area (Å²) in [5.41, 5.74) is 27.2. The van der Waals surface area contributed by atoms with Crippen molar-refractivity contribution in [3.63, 3.8) is 0 Å². The fourth-order valence-corrected chi connectivity index (χ4v) is 10.7. The minimum Gasteiger partial charge on any atom is -0.310 e. The van der Waals surface area contributed by atoms with Gasteiger partial charge in [-0.15, -0.1) is 0 Å². The largest absolute Gasteiger partial charge is 0.310 e. The van der Waals surface area contributed by atoms with Crippen molar-refractivity contribution in [2.24, 2.45) is 0 Å². The van der Waals surface area contributed by atoms with Crippen LogP contribution >= 0.6 is 0 Å². The number of aryl methyl sites for hydroxylation is 6. The van der Waals surface area contributed by atoms with Crippen LogP contribution in [0.3, 0.4) is 0 Å². The molecule has 1 nitrogen and oxygen atoms in total. The van der Waals surface area contributed by atoms with Crippen LogP contribution in [0.5, 0.6) is 0 Å². The lowest BCUT2D eigenvalue weighted by atomic mass is 9.32. The Morgan fingerprint density at radius 1 is 0.458 bits per heavy atom. The predicted octanol–water partition coefficient (Wildman–Crippen LogP) is 9.15. The number of benzene rings is 6. The number of hydrogen-bond acceptors (Lipinski definition) is 1. The average Bonchev–Trinajstić information content (AvgIpc) is 3.33. The van der Waals surface area contributed by atoms with Crippen LogP contribution in [0.15, 0.2) is 97.1 Å². The molecule has 0 amide bonds. The lowest BCUT2D eigenvalue weighted by Gasteiger charge is -2.54. The highest BCUT2D eigenvalue weighted by Crippen LogP contribution is 2.67. The van der Waals surface area contributed by atoms with Gasteiger partial charge in [0.05, 0.1) is 11.1 Å². The molecule has 6 aromatic rings. The maximum Gasteiger partial charge on any atom is 0.247 e. The van der Waals surface area contributed by atoms with Crippen molar-refractivity contribution in [1.82, 2.24) is 0 Å². The van der Waals surface area contributed by atoms with E-state index in [2.05, 4.69) is 157 Å². The highest BCUT2D eigenvalue weighted by Gasteiger charge is 2.57. The Kier molecular flexibility index (Phi) is 5.29. The second kappa shape index (κ2) is 9.00. The molecule has 3 aliphatic heterocycles. The first-order valence-corrected chi connectivity index (χ1v) is 17.6. The van der Waals surface area contributed by atoms with Crippen molar-refractivity contribution < 1.29 is 0 Å². The minimum atomic E-state index is -0.423. The van der Waals surface area contributed by atoms with Gasteiger partial charge in [-0.3, -0.25) is 0 Å². The zero-order valence-electron chi connectivity index (χ0n) is 29.3. The number of hydrogen-bond donors (Lipinski definition) is 0. The van der Waals surface area contributed by atoms with E-state index in [1.165, 1.54) is 111 Å². The number of anilines is 3. The molecule has 0 N–H and O–H groups in total. The van der Waals surface area contributed by atoms with Gasteiger partial charge < -0.3 is 4.90 Å². The standard InChI is InChI=1S/C46H40BN/c1-25-17-29(5)41(30(6)18-25)47-39-23-27(3)20-36-43(39)48-42-35(45(36,7)8)19-26(2)21-37(42)46(38-22-28(4)24-40(47)44(38)48)33-15-11-9-13-31(33)32-14-10-12-16-34(32)46/h9-24H,1-8H3. The highest BCUT2D eigenvalue weighted by molar-refractivity contribution is 6.98. The van der Waals surface area contributed by atoms with E-state index in [1.807, 2.05) is 0 Å². The Balaban J connectivity index is 1.47. The maximum absolute atomic E-state index is 2.73. The van der Waals surface area contributed by atoms with Crippen molar-refractivity contribution in [2.75, 3.05) is 4.90 Å². The molecular weight excluding hydrogens is 577 g/mol. The molecule has 10 rings (SSSR count). The minimum absolute atomic E-state index is 0.137. The van der Waals surface area contributed by atoms with Crippen LogP contribution in [0.25, 0.3) is 11.1 Å². The number of rotatable bonds is 1. The third-order valence-corrected chi connectivity index (χ3v) is 12.2. The van der Waals surface area contributed by atoms with Crippen LogP contribution in [0, 0.1) is 41.5 Å². The summed E-state index contributed by atoms with van der Waals surface area (Å²) in [7, 11) is 0. The third-order valence-electron chi connectivity index (χ3n) is 12.2. The second-order valence-corrected chi connectivity index (χ2v) is 15.8. The van der Waals surface area contributed by atoms with Crippen LogP contribution in [0.2, 0.25) is 0 Å². The molecule has 0 aromatic heterocycles. The molecule has 0 bridgehead atoms. The van der Waals surface area contributed by atoms with Gasteiger partial charge >= 0.3 is 0 Å². The normalized spacial score (nSPS) is 16.2. The molecule has 0 fully saturated rings. The molecule has 0 unspecified atom stereocenters. The van der Waals surface area contributed by atoms with Gasteiger partial charge in [0.2, 0.25) is 6.71 Å². The summed E-state index contributed by atoms with van der Waals surface area (Å²) in [5, 5.41) is 0. The van der Waals surface area contributed by atoms with Crippen LogP contribution < -0.4 is 21.3 Å². The number of nitrogens with zero attached hydrogens (tertiary/aromatic N) is 1. The summed E-state index contributed by atoms with van der Waals surface area (Å²) in [6.45, 7) is 18.9. The van der Waals surface area contributed by atoms with Crippen LogP contribution in [-0.2, 0) is 10.8 Å². The van der Waals surface area contributed by atoms with Crippen LogP contribution in [0.1, 0.15) is 80.6 Å². The van der Waals surface area contributed by atoms with Gasteiger partial charge in [-0.05, 0) is 97.0 Å². The second-order valence-electron chi connectivity index (χ2n) is 15.8. The number of fused-ring (bicyclic) bond motifs is 7. The van der Waals surface area contributed by atoms with Crippen molar-refractivity contribution >= 4 is 40.2 Å². The molecule has 3 heterocycles. The van der Waals surface area contributed by atoms with Crippen LogP contribution in [0.4, 0.5) is 17.1 Å². The Hall–Kier alpha value is -4.82. The SMILES string of the molecule is Cc1cc(C)c(B2c3cc(C)cc4c3N3c5c2cc(C)cc5C2(c5ccccc5-c5ccccc52)c2cc(C)cc(c23)C4(C)C)c(C)c1. The molecule has 0 saturated heterocycles. The van der Waals surface area contributed by atoms with E-state index < -0.39 is 5.41 Å². The van der Waals surface area contributed by atoms with Gasteiger partial charge in [0, 0.05) is 16.8 Å². The lowest BCUT2D eigenvalue weighted by molar-refractivity contribution is 0.620. The molecule has 0 atom stereocenters. The molecule has 0 saturated carbocycles. The molecule has 48 heavy (non-hydrogen) atoms. The first kappa shape index (κ1) is 28.2. The van der Waals surface area contributed by atoms with Gasteiger partial charge in [0.15, 0.2) is 0 Å². The van der Waals surface area contributed by atoms with Crippen molar-refractivity contribution in [3.8, 4) is 11.1 Å². The summed E-state index contributed by atoms with van der Waals surface area (Å²) >= 11 is 0. The molecule has 1 aliphatic carbocycles. The van der Waals surface area contributed by atoms with Crippen molar-refractivity contribution in [2.45, 2.75) is 66.2 Å². The molecular formula is C46H40BN. The Labute approximate surface area is 285 Å². The van der Waals surface area contributed by atoms with Gasteiger partial charge in [-0.25, -0.2) is 0 Å². The fraction of sp³-hybridized carbons (Fsp3) is 0.217. The van der Waals surface area contributed by atoms with Gasteiger partial charge in [0.25, 0.3) is 0 Å². The van der Waals surface area contributed by atoms with Gasteiger partial charge in [-0.1, -0.05) is 150 Å². The first-order chi connectivity index (χ1) is 23.0. The zero-order chi connectivity index (χ0) is 33.0. The van der Waals surface area contributed by atoms with E-state index in [4.69, 9.17) is 0 Å². The highest BCUT2D eigenvalue weighted by atomic mass is 15.2. The first-order valence-electron chi connectivity index (χ1n) is 17.6. The summed E-state index contributed by atoms with van der Waals surface area (Å²) < 4.78 is 0. The smallest absolute Gasteiger partial charge is 0.247 e. The third kappa shape index (κ3) is 3.16. The van der Waals surface area contributed by atoms with E-state index in [1.54, 1.807) is 0 Å². The maximum atomic E-state index is 2.73. The monoisotopic (exact) mass is 617 g/mol.